The quantitative estimate of drug-likeness (QED) is 0.0199. The molecule has 0 aliphatic carbocycles. The normalized spacial score (nSPS) is 26.5. The molecule has 12 N–H and O–H groups in total. The molecule has 0 bridgehead atoms. The molecule has 0 spiro atoms. The molecule has 0 aromatic carbocycles. The van der Waals surface area contributed by atoms with E-state index in [0.717, 1.165) is 51.4 Å². The van der Waals surface area contributed by atoms with Crippen molar-refractivity contribution in [3.63, 3.8) is 0 Å². The van der Waals surface area contributed by atoms with Crippen molar-refractivity contribution in [2.45, 2.75) is 458 Å². The first-order chi connectivity index (χ1) is 48.8. The number of nitrogens with one attached hydrogen (secondary N) is 1. The highest BCUT2D eigenvalue weighted by Gasteiger charge is 2.54. The molecule has 0 saturated carbocycles. The van der Waals surface area contributed by atoms with Crippen LogP contribution in [0.15, 0.2) is 24.3 Å². The highest BCUT2D eigenvalue weighted by Crippen LogP contribution is 2.33. The second kappa shape index (κ2) is 62.3. The van der Waals surface area contributed by atoms with Crippen LogP contribution in [-0.4, -0.2) is 193 Å². The predicted molar refractivity (Wildman–Crippen MR) is 397 cm³/mol. The molecule has 590 valence electrons. The Balaban J connectivity index is 1.34. The van der Waals surface area contributed by atoms with Gasteiger partial charge in [-0.15, -0.1) is 0 Å². The van der Waals surface area contributed by atoms with E-state index in [4.69, 9.17) is 28.4 Å². The fourth-order valence-corrected chi connectivity index (χ4v) is 14.3. The van der Waals surface area contributed by atoms with Gasteiger partial charge in [-0.05, 0) is 44.9 Å². The molecule has 3 fully saturated rings. The summed E-state index contributed by atoms with van der Waals surface area (Å²) in [6.07, 6.45) is 48.4. The van der Waals surface area contributed by atoms with Crippen molar-refractivity contribution < 1.29 is 89.4 Å². The lowest BCUT2D eigenvalue weighted by molar-refractivity contribution is -0.379. The zero-order valence-corrected chi connectivity index (χ0v) is 63.2. The Morgan fingerprint density at radius 1 is 0.360 bits per heavy atom. The summed E-state index contributed by atoms with van der Waals surface area (Å²) in [6.45, 7) is 1.85. The number of aliphatic hydroxyl groups excluding tert-OH is 11. The van der Waals surface area contributed by atoms with Crippen LogP contribution in [0.5, 0.6) is 0 Å². The number of amides is 1. The molecule has 3 aliphatic rings. The van der Waals surface area contributed by atoms with E-state index in [1.165, 1.54) is 270 Å². The Hall–Kier alpha value is -1.73. The van der Waals surface area contributed by atoms with Gasteiger partial charge < -0.3 is 89.9 Å². The number of carbonyl (C=O) groups is 1. The molecule has 17 unspecified atom stereocenters. The van der Waals surface area contributed by atoms with Gasteiger partial charge in [0.1, 0.15) is 73.2 Å². The van der Waals surface area contributed by atoms with Crippen LogP contribution in [0.1, 0.15) is 354 Å². The standard InChI is InChI=1S/C81H153NO18/c1-3-5-7-9-11-13-15-17-19-21-23-25-27-28-29-30-31-32-33-34-35-36-37-39-41-43-45-47-49-51-53-55-57-59-69(87)82-64(65(86)58-56-54-52-50-48-46-44-42-40-38-26-24-22-20-18-16-14-12-10-8-6-4-2)63-95-79-75(93)72(90)77(67(61-84)97-79)100-81-76(94)73(91)78(68(62-85)98-81)99-80-74(92)71(89)70(88)66(60-83)96-80/h15,17,21,23,64-68,70-81,83-86,88-94H,3-14,16,18-20,22,24-63H2,1-2H3,(H,82,87)/b17-15-,23-21-. The number of allylic oxidation sites excluding steroid dienone is 4. The van der Waals surface area contributed by atoms with Crippen LogP contribution in [0.2, 0.25) is 0 Å². The molecule has 19 heteroatoms. The Kier molecular flexibility index (Phi) is 57.6. The molecule has 0 radical (unpaired) electrons. The lowest BCUT2D eigenvalue weighted by Gasteiger charge is -2.48. The van der Waals surface area contributed by atoms with Crippen molar-refractivity contribution in [3.8, 4) is 0 Å². The van der Waals surface area contributed by atoms with Crippen LogP contribution < -0.4 is 5.32 Å². The minimum absolute atomic E-state index is 0.235. The van der Waals surface area contributed by atoms with Gasteiger partial charge in [-0.25, -0.2) is 0 Å². The molecule has 1 amide bonds. The number of rotatable bonds is 67. The maximum atomic E-state index is 13.5. The third-order valence-electron chi connectivity index (χ3n) is 21.0. The van der Waals surface area contributed by atoms with Crippen molar-refractivity contribution in [1.82, 2.24) is 5.32 Å². The van der Waals surface area contributed by atoms with E-state index in [1.54, 1.807) is 0 Å². The van der Waals surface area contributed by atoms with Crippen molar-refractivity contribution in [2.24, 2.45) is 0 Å². The van der Waals surface area contributed by atoms with Gasteiger partial charge in [-0.1, -0.05) is 327 Å². The summed E-state index contributed by atoms with van der Waals surface area (Å²) in [5.41, 5.74) is 0. The molecule has 0 aromatic rings. The number of hydrogen-bond donors (Lipinski definition) is 12. The number of carbonyl (C=O) groups excluding carboxylic acids is 1. The summed E-state index contributed by atoms with van der Waals surface area (Å²) in [7, 11) is 0. The summed E-state index contributed by atoms with van der Waals surface area (Å²) in [4.78, 5) is 13.5. The maximum Gasteiger partial charge on any atom is 0.220 e. The van der Waals surface area contributed by atoms with Gasteiger partial charge in [-0.2, -0.15) is 0 Å². The number of aliphatic hydroxyl groups is 11. The van der Waals surface area contributed by atoms with Gasteiger partial charge in [0, 0.05) is 6.42 Å². The first kappa shape index (κ1) is 92.5. The number of ether oxygens (including phenoxy) is 6. The molecule has 100 heavy (non-hydrogen) atoms. The summed E-state index contributed by atoms with van der Waals surface area (Å²) >= 11 is 0. The van der Waals surface area contributed by atoms with Crippen LogP contribution in [0.3, 0.4) is 0 Å². The molecule has 3 aliphatic heterocycles. The molecule has 0 aromatic heterocycles. The van der Waals surface area contributed by atoms with E-state index < -0.39 is 124 Å². The fraction of sp³-hybridized carbons (Fsp3) is 0.938. The predicted octanol–water partition coefficient (Wildman–Crippen LogP) is 14.1. The van der Waals surface area contributed by atoms with Crippen LogP contribution in [-0.2, 0) is 33.2 Å². The fourth-order valence-electron chi connectivity index (χ4n) is 14.3. The van der Waals surface area contributed by atoms with Crippen LogP contribution in [0.4, 0.5) is 0 Å². The second-order valence-electron chi connectivity index (χ2n) is 29.9. The zero-order valence-electron chi connectivity index (χ0n) is 63.2. The molecular weight excluding hydrogens is 1270 g/mol. The molecular formula is C81H153NO18. The highest BCUT2D eigenvalue weighted by atomic mass is 16.8. The van der Waals surface area contributed by atoms with E-state index in [2.05, 4.69) is 43.5 Å². The Labute approximate surface area is 607 Å². The Morgan fingerprint density at radius 3 is 1.02 bits per heavy atom. The average Bonchev–Trinajstić information content (AvgIpc) is 0.783. The summed E-state index contributed by atoms with van der Waals surface area (Å²) in [5.74, 6) is -0.235. The first-order valence-corrected chi connectivity index (χ1v) is 41.6. The minimum Gasteiger partial charge on any atom is -0.394 e. The SMILES string of the molecule is CCCCCCC/C=C\C/C=C\CCCCCCCCCCCCCCCCCCCCCCCC(=O)NC(COC1OC(CO)C(OC2OC(CO)C(OC3OC(CO)C(O)C(O)C3O)C(O)C2O)C(O)C1O)C(O)CCCCCCCCCCCCCCCCCCCCCCCC. The first-order valence-electron chi connectivity index (χ1n) is 41.6. The second-order valence-corrected chi connectivity index (χ2v) is 29.9. The largest absolute Gasteiger partial charge is 0.394 e. The van der Waals surface area contributed by atoms with Crippen LogP contribution >= 0.6 is 0 Å². The third kappa shape index (κ3) is 42.0. The third-order valence-corrected chi connectivity index (χ3v) is 21.0. The minimum atomic E-state index is -1.97. The summed E-state index contributed by atoms with van der Waals surface area (Å²) in [5, 5.41) is 121. The summed E-state index contributed by atoms with van der Waals surface area (Å²) in [6, 6.07) is -0.886. The molecule has 17 atom stereocenters. The van der Waals surface area contributed by atoms with Crippen molar-refractivity contribution >= 4 is 5.91 Å². The molecule has 3 rings (SSSR count). The van der Waals surface area contributed by atoms with Crippen LogP contribution in [0, 0.1) is 0 Å². The maximum absolute atomic E-state index is 13.5. The van der Waals surface area contributed by atoms with Gasteiger partial charge in [0.2, 0.25) is 5.91 Å². The average molecular weight is 1430 g/mol. The molecule has 19 nitrogen and oxygen atoms in total. The van der Waals surface area contributed by atoms with E-state index in [9.17, 15) is 61.0 Å². The monoisotopic (exact) mass is 1430 g/mol. The topological polar surface area (TPSA) is 307 Å². The Bertz CT molecular complexity index is 1900. The van der Waals surface area contributed by atoms with E-state index in [0.29, 0.717) is 12.8 Å². The van der Waals surface area contributed by atoms with E-state index in [1.807, 2.05) is 0 Å². The van der Waals surface area contributed by atoms with Gasteiger partial charge in [0.15, 0.2) is 18.9 Å². The van der Waals surface area contributed by atoms with Gasteiger partial charge in [0.05, 0.1) is 38.6 Å². The van der Waals surface area contributed by atoms with E-state index in [-0.39, 0.29) is 18.9 Å². The van der Waals surface area contributed by atoms with Gasteiger partial charge in [-0.3, -0.25) is 4.79 Å². The number of hydrogen-bond acceptors (Lipinski definition) is 18. The van der Waals surface area contributed by atoms with Gasteiger partial charge >= 0.3 is 0 Å². The highest BCUT2D eigenvalue weighted by molar-refractivity contribution is 5.76. The van der Waals surface area contributed by atoms with Gasteiger partial charge in [0.25, 0.3) is 0 Å². The van der Waals surface area contributed by atoms with Crippen LogP contribution in [0.25, 0.3) is 0 Å². The van der Waals surface area contributed by atoms with Crippen molar-refractivity contribution in [3.05, 3.63) is 24.3 Å². The molecule has 3 saturated heterocycles. The smallest absolute Gasteiger partial charge is 0.220 e. The number of unbranched alkanes of at least 4 members (excludes halogenated alkanes) is 47. The molecule has 3 heterocycles. The zero-order chi connectivity index (χ0) is 72.5. The lowest BCUT2D eigenvalue weighted by atomic mass is 9.96. The Morgan fingerprint density at radius 2 is 0.660 bits per heavy atom. The van der Waals surface area contributed by atoms with Crippen molar-refractivity contribution in [1.29, 1.82) is 0 Å². The van der Waals surface area contributed by atoms with E-state index >= 15 is 0 Å². The summed E-state index contributed by atoms with van der Waals surface area (Å²) < 4.78 is 34.5. The van der Waals surface area contributed by atoms with Crippen molar-refractivity contribution in [2.75, 3.05) is 26.4 Å². The lowest BCUT2D eigenvalue weighted by Crippen LogP contribution is -2.66.